The molecule has 1 N–H and O–H groups in total. The number of nitrogens with one attached hydrogen (secondary N) is 1. The number of carbonyl (C=O) groups excluding carboxylic acids is 2. The fourth-order valence-electron chi connectivity index (χ4n) is 2.79. The molecule has 24 heavy (non-hydrogen) atoms. The van der Waals surface area contributed by atoms with Crippen molar-refractivity contribution in [3.8, 4) is 5.75 Å². The Morgan fingerprint density at radius 3 is 2.38 bits per heavy atom. The smallest absolute Gasteiger partial charge is 0.337 e. The number of carbonyl (C=O) groups is 2. The molecule has 0 spiro atoms. The molecule has 0 aliphatic carbocycles. The third kappa shape index (κ3) is 3.53. The Kier molecular flexibility index (Phi) is 5.49. The fourth-order valence-corrected chi connectivity index (χ4v) is 2.79. The SMILES string of the molecule is COC(=O)C1=C(C)N(CC(C)C)C(=O)N[C@H]1c1ccc(OC)cc1. The lowest BCUT2D eigenvalue weighted by Crippen LogP contribution is -2.49. The second-order valence-electron chi connectivity index (χ2n) is 6.15. The summed E-state index contributed by atoms with van der Waals surface area (Å²) in [5.74, 6) is 0.548. The summed E-state index contributed by atoms with van der Waals surface area (Å²) in [7, 11) is 2.93. The van der Waals surface area contributed by atoms with Crippen molar-refractivity contribution in [1.82, 2.24) is 10.2 Å². The van der Waals surface area contributed by atoms with Crippen molar-refractivity contribution in [1.29, 1.82) is 0 Å². The quantitative estimate of drug-likeness (QED) is 0.842. The molecule has 0 radical (unpaired) electrons. The van der Waals surface area contributed by atoms with E-state index in [4.69, 9.17) is 9.47 Å². The van der Waals surface area contributed by atoms with Gasteiger partial charge in [0.15, 0.2) is 0 Å². The zero-order valence-electron chi connectivity index (χ0n) is 14.8. The maximum atomic E-state index is 12.5. The van der Waals surface area contributed by atoms with E-state index in [0.717, 1.165) is 5.56 Å². The average Bonchev–Trinajstić information content (AvgIpc) is 2.57. The Bertz CT molecular complexity index is 649. The molecule has 0 unspecified atom stereocenters. The van der Waals surface area contributed by atoms with Crippen molar-refractivity contribution < 1.29 is 19.1 Å². The van der Waals surface area contributed by atoms with Gasteiger partial charge in [0.2, 0.25) is 0 Å². The van der Waals surface area contributed by atoms with Crippen LogP contribution in [0.5, 0.6) is 5.75 Å². The van der Waals surface area contributed by atoms with E-state index in [1.165, 1.54) is 7.11 Å². The molecule has 1 aliphatic heterocycles. The molecule has 0 bridgehead atoms. The van der Waals surface area contributed by atoms with Gasteiger partial charge in [-0.05, 0) is 30.5 Å². The number of urea groups is 1. The van der Waals surface area contributed by atoms with E-state index in [0.29, 0.717) is 23.6 Å². The van der Waals surface area contributed by atoms with Crippen LogP contribution in [0, 0.1) is 5.92 Å². The molecule has 1 aromatic carbocycles. The van der Waals surface area contributed by atoms with Crippen molar-refractivity contribution in [3.63, 3.8) is 0 Å². The fraction of sp³-hybridized carbons (Fsp3) is 0.444. The zero-order chi connectivity index (χ0) is 17.9. The van der Waals surface area contributed by atoms with Gasteiger partial charge in [0.05, 0.1) is 25.8 Å². The number of nitrogens with zero attached hydrogens (tertiary/aromatic N) is 1. The number of allylic oxidation sites excluding steroid dienone is 1. The van der Waals surface area contributed by atoms with E-state index < -0.39 is 12.0 Å². The molecular weight excluding hydrogens is 308 g/mol. The first-order chi connectivity index (χ1) is 11.4. The predicted octanol–water partition coefficient (Wildman–Crippen LogP) is 2.86. The molecule has 130 valence electrons. The van der Waals surface area contributed by atoms with Gasteiger partial charge in [-0.25, -0.2) is 9.59 Å². The average molecular weight is 332 g/mol. The number of esters is 1. The molecule has 6 nitrogen and oxygen atoms in total. The first kappa shape index (κ1) is 17.8. The van der Waals surface area contributed by atoms with Gasteiger partial charge in [-0.2, -0.15) is 0 Å². The Morgan fingerprint density at radius 2 is 1.88 bits per heavy atom. The largest absolute Gasteiger partial charge is 0.497 e. The minimum Gasteiger partial charge on any atom is -0.497 e. The van der Waals surface area contributed by atoms with Gasteiger partial charge in [0, 0.05) is 12.2 Å². The van der Waals surface area contributed by atoms with Crippen LogP contribution in [0.1, 0.15) is 32.4 Å². The van der Waals surface area contributed by atoms with Gasteiger partial charge in [-0.15, -0.1) is 0 Å². The van der Waals surface area contributed by atoms with Crippen LogP contribution in [-0.2, 0) is 9.53 Å². The number of benzene rings is 1. The summed E-state index contributed by atoms with van der Waals surface area (Å²) in [6.07, 6.45) is 0. The van der Waals surface area contributed by atoms with Gasteiger partial charge in [0.25, 0.3) is 0 Å². The first-order valence-electron chi connectivity index (χ1n) is 7.90. The highest BCUT2D eigenvalue weighted by atomic mass is 16.5. The van der Waals surface area contributed by atoms with Gasteiger partial charge in [-0.3, -0.25) is 4.90 Å². The Balaban J connectivity index is 2.47. The van der Waals surface area contributed by atoms with Crippen LogP contribution in [0.25, 0.3) is 0 Å². The molecule has 2 rings (SSSR count). The van der Waals surface area contributed by atoms with Crippen molar-refractivity contribution in [3.05, 3.63) is 41.1 Å². The van der Waals surface area contributed by atoms with Crippen LogP contribution < -0.4 is 10.1 Å². The van der Waals surface area contributed by atoms with E-state index >= 15 is 0 Å². The lowest BCUT2D eigenvalue weighted by molar-refractivity contribution is -0.136. The van der Waals surface area contributed by atoms with Crippen molar-refractivity contribution >= 4 is 12.0 Å². The molecule has 0 fully saturated rings. The first-order valence-corrected chi connectivity index (χ1v) is 7.90. The monoisotopic (exact) mass is 332 g/mol. The number of amides is 2. The standard InChI is InChI=1S/C18H24N2O4/c1-11(2)10-20-12(3)15(17(21)24-5)16(19-18(20)22)13-6-8-14(23-4)9-7-13/h6-9,11,16H,10H2,1-5H3,(H,19,22)/t16-/m0/s1. The molecule has 1 aliphatic rings. The van der Waals surface area contributed by atoms with Crippen LogP contribution in [0.2, 0.25) is 0 Å². The molecule has 1 atom stereocenters. The Morgan fingerprint density at radius 1 is 1.25 bits per heavy atom. The van der Waals surface area contributed by atoms with Crippen molar-refractivity contribution in [2.24, 2.45) is 5.92 Å². The zero-order valence-corrected chi connectivity index (χ0v) is 14.8. The molecule has 0 saturated heterocycles. The summed E-state index contributed by atoms with van der Waals surface area (Å²) in [4.78, 5) is 26.4. The van der Waals surface area contributed by atoms with Gasteiger partial charge in [-0.1, -0.05) is 26.0 Å². The number of hydrogen-bond donors (Lipinski definition) is 1. The lowest BCUT2D eigenvalue weighted by Gasteiger charge is -2.36. The molecule has 1 aromatic rings. The van der Waals surface area contributed by atoms with E-state index in [2.05, 4.69) is 5.32 Å². The predicted molar refractivity (Wildman–Crippen MR) is 90.5 cm³/mol. The second kappa shape index (κ2) is 7.38. The minimum atomic E-state index is -0.542. The summed E-state index contributed by atoms with van der Waals surface area (Å²) in [6, 6.07) is 6.50. The van der Waals surface area contributed by atoms with Crippen LogP contribution >= 0.6 is 0 Å². The molecule has 0 saturated carbocycles. The summed E-state index contributed by atoms with van der Waals surface area (Å²) in [5.41, 5.74) is 1.87. The van der Waals surface area contributed by atoms with E-state index in [1.54, 1.807) is 31.1 Å². The molecule has 6 heteroatoms. The van der Waals surface area contributed by atoms with E-state index in [9.17, 15) is 9.59 Å². The second-order valence-corrected chi connectivity index (χ2v) is 6.15. The van der Waals surface area contributed by atoms with Gasteiger partial charge >= 0.3 is 12.0 Å². The Labute approximate surface area is 142 Å². The lowest BCUT2D eigenvalue weighted by atomic mass is 9.94. The molecule has 2 amide bonds. The third-order valence-corrected chi connectivity index (χ3v) is 4.00. The van der Waals surface area contributed by atoms with E-state index in [-0.39, 0.29) is 11.9 Å². The maximum absolute atomic E-state index is 12.5. The maximum Gasteiger partial charge on any atom is 0.337 e. The van der Waals surface area contributed by atoms with Crippen molar-refractivity contribution in [2.45, 2.75) is 26.8 Å². The van der Waals surface area contributed by atoms with Gasteiger partial charge in [0.1, 0.15) is 5.75 Å². The highest BCUT2D eigenvalue weighted by Crippen LogP contribution is 2.32. The Hall–Kier alpha value is -2.50. The topological polar surface area (TPSA) is 67.9 Å². The third-order valence-electron chi connectivity index (χ3n) is 4.00. The van der Waals surface area contributed by atoms with Crippen LogP contribution in [0.3, 0.4) is 0 Å². The summed E-state index contributed by atoms with van der Waals surface area (Å²) < 4.78 is 10.1. The number of hydrogen-bond acceptors (Lipinski definition) is 4. The number of ether oxygens (including phenoxy) is 2. The highest BCUT2D eigenvalue weighted by molar-refractivity contribution is 5.95. The normalized spacial score (nSPS) is 17.8. The van der Waals surface area contributed by atoms with Gasteiger partial charge < -0.3 is 14.8 Å². The minimum absolute atomic E-state index is 0.213. The number of rotatable bonds is 5. The van der Waals surface area contributed by atoms with Crippen molar-refractivity contribution in [2.75, 3.05) is 20.8 Å². The van der Waals surface area contributed by atoms with E-state index in [1.807, 2.05) is 26.0 Å². The summed E-state index contributed by atoms with van der Waals surface area (Å²) in [6.45, 7) is 6.36. The molecule has 1 heterocycles. The summed E-state index contributed by atoms with van der Waals surface area (Å²) >= 11 is 0. The number of methoxy groups -OCH3 is 2. The summed E-state index contributed by atoms with van der Waals surface area (Å²) in [5, 5.41) is 2.91. The van der Waals surface area contributed by atoms with Crippen LogP contribution in [-0.4, -0.2) is 37.7 Å². The molecular formula is C18H24N2O4. The molecule has 0 aromatic heterocycles. The van der Waals surface area contributed by atoms with Crippen LogP contribution in [0.15, 0.2) is 35.5 Å². The van der Waals surface area contributed by atoms with Crippen LogP contribution in [0.4, 0.5) is 4.79 Å². The highest BCUT2D eigenvalue weighted by Gasteiger charge is 2.36.